The maximum Gasteiger partial charge on any atom is 0.251 e. The number of rotatable bonds is 6. The van der Waals surface area contributed by atoms with Gasteiger partial charge in [-0.2, -0.15) is 0 Å². The number of nitrogens with one attached hydrogen (secondary N) is 1. The molecule has 0 bridgehead atoms. The van der Waals surface area contributed by atoms with Crippen molar-refractivity contribution in [1.82, 2.24) is 0 Å². The summed E-state index contributed by atoms with van der Waals surface area (Å²) >= 11 is 13.5. The maximum absolute atomic E-state index is 12.4. The van der Waals surface area contributed by atoms with Crippen LogP contribution in [0.5, 0.6) is 0 Å². The molecule has 0 aliphatic heterocycles. The molecule has 28 heavy (non-hydrogen) atoms. The van der Waals surface area contributed by atoms with Crippen LogP contribution in [0.15, 0.2) is 24.3 Å². The molecule has 1 aromatic heterocycles. The number of benzene rings is 1. The van der Waals surface area contributed by atoms with E-state index in [-0.39, 0.29) is 5.91 Å². The summed E-state index contributed by atoms with van der Waals surface area (Å²) in [6.07, 6.45) is 8.16. The van der Waals surface area contributed by atoms with Crippen molar-refractivity contribution in [1.29, 1.82) is 0 Å². The maximum atomic E-state index is 12.4. The summed E-state index contributed by atoms with van der Waals surface area (Å²) in [5, 5.41) is 4.35. The number of anilines is 1. The van der Waals surface area contributed by atoms with Crippen LogP contribution in [0.25, 0.3) is 6.08 Å². The Morgan fingerprint density at radius 1 is 1.36 bits per heavy atom. The molecular weight excluding hydrogens is 415 g/mol. The molecule has 3 N–H and O–H groups in total. The standard InChI is InChI=1S/C21H22Cl2N2O2S/c1-2-3-12-4-8-15-17(10-12)28-21(19(15)20(24)27)25-18(26)9-6-13-5-7-14(22)11-16(13)23/h5-7,9,11-12H,2-4,8,10H2,1H3,(H2,24,27)(H,25,26). The lowest BCUT2D eigenvalue weighted by Gasteiger charge is -2.21. The lowest BCUT2D eigenvalue weighted by atomic mass is 9.84. The topological polar surface area (TPSA) is 72.2 Å². The Hall–Kier alpha value is -1.82. The summed E-state index contributed by atoms with van der Waals surface area (Å²) in [4.78, 5) is 25.6. The predicted octanol–water partition coefficient (Wildman–Crippen LogP) is 5.71. The van der Waals surface area contributed by atoms with E-state index < -0.39 is 5.91 Å². The van der Waals surface area contributed by atoms with Gasteiger partial charge >= 0.3 is 0 Å². The van der Waals surface area contributed by atoms with Gasteiger partial charge in [0.1, 0.15) is 5.00 Å². The minimum atomic E-state index is -0.494. The molecule has 0 saturated carbocycles. The summed E-state index contributed by atoms with van der Waals surface area (Å²) in [5.74, 6) is -0.198. The Morgan fingerprint density at radius 3 is 2.82 bits per heavy atom. The van der Waals surface area contributed by atoms with Crippen molar-refractivity contribution < 1.29 is 9.59 Å². The highest BCUT2D eigenvalue weighted by Gasteiger charge is 2.28. The molecule has 0 radical (unpaired) electrons. The Morgan fingerprint density at radius 2 is 2.14 bits per heavy atom. The van der Waals surface area contributed by atoms with Gasteiger partial charge in [0.15, 0.2) is 0 Å². The van der Waals surface area contributed by atoms with Crippen molar-refractivity contribution in [2.45, 2.75) is 39.0 Å². The molecule has 1 atom stereocenters. The summed E-state index contributed by atoms with van der Waals surface area (Å²) < 4.78 is 0. The number of primary amides is 1. The van der Waals surface area contributed by atoms with Crippen LogP contribution in [0, 0.1) is 5.92 Å². The fraction of sp³-hybridized carbons (Fsp3) is 0.333. The highest BCUT2D eigenvalue weighted by atomic mass is 35.5. The van der Waals surface area contributed by atoms with Crippen LogP contribution in [0.1, 0.15) is 52.5 Å². The molecule has 7 heteroatoms. The van der Waals surface area contributed by atoms with E-state index in [0.717, 1.165) is 31.2 Å². The monoisotopic (exact) mass is 436 g/mol. The quantitative estimate of drug-likeness (QED) is 0.568. The van der Waals surface area contributed by atoms with Crippen molar-refractivity contribution >= 4 is 57.4 Å². The Kier molecular flexibility index (Phi) is 6.81. The number of hydrogen-bond acceptors (Lipinski definition) is 3. The average Bonchev–Trinajstić information content (AvgIpc) is 2.98. The Balaban J connectivity index is 1.79. The predicted molar refractivity (Wildman–Crippen MR) is 117 cm³/mol. The smallest absolute Gasteiger partial charge is 0.251 e. The third-order valence-corrected chi connectivity index (χ3v) is 6.66. The molecule has 1 heterocycles. The second-order valence-corrected chi connectivity index (χ2v) is 8.91. The van der Waals surface area contributed by atoms with E-state index >= 15 is 0 Å². The largest absolute Gasteiger partial charge is 0.365 e. The molecule has 0 spiro atoms. The van der Waals surface area contributed by atoms with Crippen LogP contribution in [0.4, 0.5) is 5.00 Å². The number of nitrogens with two attached hydrogens (primary N) is 1. The number of halogens is 2. The van der Waals surface area contributed by atoms with E-state index in [1.807, 2.05) is 0 Å². The zero-order chi connectivity index (χ0) is 20.3. The summed E-state index contributed by atoms with van der Waals surface area (Å²) in [6, 6.07) is 5.06. The first-order valence-corrected chi connectivity index (χ1v) is 10.8. The van der Waals surface area contributed by atoms with Crippen molar-refractivity contribution in [2.24, 2.45) is 11.7 Å². The van der Waals surface area contributed by atoms with Crippen molar-refractivity contribution in [3.05, 3.63) is 55.9 Å². The van der Waals surface area contributed by atoms with Crippen molar-refractivity contribution in [2.75, 3.05) is 5.32 Å². The van der Waals surface area contributed by atoms with Gasteiger partial charge in [-0.1, -0.05) is 49.0 Å². The molecule has 3 rings (SSSR count). The van der Waals surface area contributed by atoms with Gasteiger partial charge in [-0.05, 0) is 54.5 Å². The fourth-order valence-corrected chi connectivity index (χ4v) is 5.45. The third-order valence-electron chi connectivity index (χ3n) is 4.92. The van der Waals surface area contributed by atoms with Crippen LogP contribution in [-0.4, -0.2) is 11.8 Å². The van der Waals surface area contributed by atoms with E-state index in [1.54, 1.807) is 24.3 Å². The number of thiophene rings is 1. The van der Waals surface area contributed by atoms with Gasteiger partial charge in [0.25, 0.3) is 5.91 Å². The molecule has 1 aliphatic carbocycles. The fourth-order valence-electron chi connectivity index (χ4n) is 3.61. The lowest BCUT2D eigenvalue weighted by molar-refractivity contribution is -0.111. The molecule has 4 nitrogen and oxygen atoms in total. The number of hydrogen-bond donors (Lipinski definition) is 2. The van der Waals surface area contributed by atoms with Crippen LogP contribution < -0.4 is 11.1 Å². The van der Waals surface area contributed by atoms with Gasteiger partial charge in [-0.3, -0.25) is 9.59 Å². The van der Waals surface area contributed by atoms with Gasteiger partial charge in [0.2, 0.25) is 5.91 Å². The average molecular weight is 437 g/mol. The lowest BCUT2D eigenvalue weighted by Crippen LogP contribution is -2.19. The van der Waals surface area contributed by atoms with E-state index in [2.05, 4.69) is 12.2 Å². The number of amides is 2. The van der Waals surface area contributed by atoms with Gasteiger partial charge < -0.3 is 11.1 Å². The first kappa shape index (κ1) is 20.9. The van der Waals surface area contributed by atoms with Gasteiger partial charge in [0, 0.05) is 21.0 Å². The molecule has 2 aromatic rings. The van der Waals surface area contributed by atoms with Crippen LogP contribution >= 0.6 is 34.5 Å². The zero-order valence-electron chi connectivity index (χ0n) is 15.6. The normalized spacial score (nSPS) is 16.2. The van der Waals surface area contributed by atoms with Gasteiger partial charge in [-0.25, -0.2) is 0 Å². The van der Waals surface area contributed by atoms with Crippen molar-refractivity contribution in [3.8, 4) is 0 Å². The first-order valence-electron chi connectivity index (χ1n) is 9.27. The molecule has 1 aliphatic rings. The molecule has 1 aromatic carbocycles. The minimum Gasteiger partial charge on any atom is -0.365 e. The van der Waals surface area contributed by atoms with Crippen LogP contribution in [0.2, 0.25) is 10.0 Å². The Labute approximate surface area is 178 Å². The van der Waals surface area contributed by atoms with Crippen LogP contribution in [-0.2, 0) is 17.6 Å². The SMILES string of the molecule is CCCC1CCc2c(sc(NC(=O)C=Cc3ccc(Cl)cc3Cl)c2C(N)=O)C1. The number of fused-ring (bicyclic) bond motifs is 1. The molecular formula is C21H22Cl2N2O2S. The Bertz CT molecular complexity index is 937. The summed E-state index contributed by atoms with van der Waals surface area (Å²) in [7, 11) is 0. The summed E-state index contributed by atoms with van der Waals surface area (Å²) in [6.45, 7) is 2.18. The number of carbonyl (C=O) groups excluding carboxylic acids is 2. The highest BCUT2D eigenvalue weighted by Crippen LogP contribution is 2.40. The van der Waals surface area contributed by atoms with Crippen LogP contribution in [0.3, 0.4) is 0 Å². The van der Waals surface area contributed by atoms with Crippen molar-refractivity contribution in [3.63, 3.8) is 0 Å². The summed E-state index contributed by atoms with van der Waals surface area (Å²) in [5.41, 5.74) is 7.77. The second-order valence-electron chi connectivity index (χ2n) is 6.96. The molecule has 0 saturated heterocycles. The molecule has 148 valence electrons. The first-order chi connectivity index (χ1) is 13.4. The van der Waals surface area contributed by atoms with E-state index in [1.165, 1.54) is 28.7 Å². The minimum absolute atomic E-state index is 0.336. The number of carbonyl (C=O) groups is 2. The molecule has 2 amide bonds. The highest BCUT2D eigenvalue weighted by molar-refractivity contribution is 7.17. The zero-order valence-corrected chi connectivity index (χ0v) is 17.9. The molecule has 0 fully saturated rings. The van der Waals surface area contributed by atoms with Gasteiger partial charge in [-0.15, -0.1) is 11.3 Å². The van der Waals surface area contributed by atoms with E-state index in [4.69, 9.17) is 28.9 Å². The van der Waals surface area contributed by atoms with E-state index in [9.17, 15) is 9.59 Å². The van der Waals surface area contributed by atoms with Gasteiger partial charge in [0.05, 0.1) is 5.56 Å². The third kappa shape index (κ3) is 4.77. The van der Waals surface area contributed by atoms with E-state index in [0.29, 0.717) is 32.1 Å². The second kappa shape index (κ2) is 9.12. The molecule has 1 unspecified atom stereocenters.